The van der Waals surface area contributed by atoms with Gasteiger partial charge in [-0.15, -0.1) is 0 Å². The molecule has 0 saturated heterocycles. The summed E-state index contributed by atoms with van der Waals surface area (Å²) in [7, 11) is 0. The third-order valence-electron chi connectivity index (χ3n) is 5.52. The molecule has 3 aromatic carbocycles. The molecule has 0 saturated carbocycles. The number of ketones is 1. The third kappa shape index (κ3) is 2.90. The van der Waals surface area contributed by atoms with Crippen LogP contribution in [-0.4, -0.2) is 10.9 Å². The molecule has 0 radical (unpaired) electrons. The molecule has 0 fully saturated rings. The first-order valence-electron chi connectivity index (χ1n) is 9.45. The Bertz CT molecular complexity index is 1020. The number of benzene rings is 3. The van der Waals surface area contributed by atoms with E-state index in [1.54, 1.807) is 12.1 Å². The summed E-state index contributed by atoms with van der Waals surface area (Å²) in [6, 6.07) is 26.4. The number of hydrogen-bond acceptors (Lipinski definition) is 2. The Morgan fingerprint density at radius 1 is 0.857 bits per heavy atom. The summed E-state index contributed by atoms with van der Waals surface area (Å²) in [5, 5.41) is 12.7. The van der Waals surface area contributed by atoms with Crippen LogP contribution in [0.3, 0.4) is 0 Å². The van der Waals surface area contributed by atoms with Crippen molar-refractivity contribution in [2.75, 3.05) is 0 Å². The average molecular weight is 389 g/mol. The van der Waals surface area contributed by atoms with E-state index in [4.69, 9.17) is 11.6 Å². The van der Waals surface area contributed by atoms with Gasteiger partial charge in [-0.2, -0.15) is 0 Å². The van der Waals surface area contributed by atoms with Crippen molar-refractivity contribution in [3.63, 3.8) is 0 Å². The summed E-state index contributed by atoms with van der Waals surface area (Å²) in [5.41, 5.74) is 2.21. The van der Waals surface area contributed by atoms with Crippen molar-refractivity contribution < 1.29 is 9.90 Å². The normalized spacial score (nSPS) is 22.0. The van der Waals surface area contributed by atoms with Gasteiger partial charge in [-0.1, -0.05) is 91.3 Å². The van der Waals surface area contributed by atoms with Gasteiger partial charge in [-0.05, 0) is 35.2 Å². The van der Waals surface area contributed by atoms with E-state index in [0.717, 1.165) is 16.7 Å². The minimum Gasteiger partial charge on any atom is -0.380 e. The number of carbonyl (C=O) groups excluding carboxylic acids is 1. The van der Waals surface area contributed by atoms with Gasteiger partial charge >= 0.3 is 0 Å². The first kappa shape index (κ1) is 18.7. The topological polar surface area (TPSA) is 37.3 Å². The minimum atomic E-state index is -1.39. The van der Waals surface area contributed by atoms with Crippen LogP contribution in [0.1, 0.15) is 30.0 Å². The van der Waals surface area contributed by atoms with Crippen molar-refractivity contribution in [3.05, 3.63) is 107 Å². The van der Waals surface area contributed by atoms with Crippen LogP contribution >= 0.6 is 11.6 Å². The van der Waals surface area contributed by atoms with Gasteiger partial charge in [0.05, 0.1) is 5.92 Å². The van der Waals surface area contributed by atoms with Crippen molar-refractivity contribution in [2.45, 2.75) is 18.9 Å². The molecular weight excluding hydrogens is 368 g/mol. The smallest absolute Gasteiger partial charge is 0.170 e. The highest BCUT2D eigenvalue weighted by atomic mass is 35.5. The van der Waals surface area contributed by atoms with Gasteiger partial charge in [0.1, 0.15) is 5.60 Å². The lowest BCUT2D eigenvalue weighted by Crippen LogP contribution is -2.35. The summed E-state index contributed by atoms with van der Waals surface area (Å²) >= 11 is 6.07. The largest absolute Gasteiger partial charge is 0.380 e. The van der Waals surface area contributed by atoms with E-state index < -0.39 is 11.5 Å². The Morgan fingerprint density at radius 3 is 2.00 bits per heavy atom. The molecule has 1 N–H and O–H groups in total. The van der Waals surface area contributed by atoms with Gasteiger partial charge in [-0.25, -0.2) is 0 Å². The molecule has 1 aliphatic carbocycles. The van der Waals surface area contributed by atoms with Crippen molar-refractivity contribution in [2.24, 2.45) is 5.92 Å². The van der Waals surface area contributed by atoms with Gasteiger partial charge in [0.2, 0.25) is 0 Å². The lowest BCUT2D eigenvalue weighted by Gasteiger charge is -2.32. The van der Waals surface area contributed by atoms with Gasteiger partial charge in [-0.3, -0.25) is 4.79 Å². The maximum absolute atomic E-state index is 13.5. The van der Waals surface area contributed by atoms with Crippen LogP contribution in [0.25, 0.3) is 11.1 Å². The summed E-state index contributed by atoms with van der Waals surface area (Å²) in [6.45, 7) is 1.95. The fraction of sp³-hybridized carbons (Fsp3) is 0.160. The van der Waals surface area contributed by atoms with Crippen LogP contribution in [0.15, 0.2) is 84.9 Å². The van der Waals surface area contributed by atoms with Crippen LogP contribution < -0.4 is 0 Å². The predicted octanol–water partition coefficient (Wildman–Crippen LogP) is 5.75. The number of halogens is 1. The fourth-order valence-electron chi connectivity index (χ4n) is 4.24. The van der Waals surface area contributed by atoms with E-state index in [-0.39, 0.29) is 5.78 Å². The van der Waals surface area contributed by atoms with E-state index in [0.29, 0.717) is 22.6 Å². The highest BCUT2D eigenvalue weighted by molar-refractivity contribution is 6.34. The highest BCUT2D eigenvalue weighted by Crippen LogP contribution is 2.54. The van der Waals surface area contributed by atoms with E-state index in [1.807, 2.05) is 79.7 Å². The summed E-state index contributed by atoms with van der Waals surface area (Å²) in [6.07, 6.45) is 0.539. The second kappa shape index (κ2) is 7.38. The Labute approximate surface area is 170 Å². The third-order valence-corrected chi connectivity index (χ3v) is 5.77. The average Bonchev–Trinajstić information content (AvgIpc) is 2.97. The van der Waals surface area contributed by atoms with Gasteiger partial charge < -0.3 is 5.11 Å². The van der Waals surface area contributed by atoms with Gasteiger partial charge in [0.25, 0.3) is 0 Å². The maximum atomic E-state index is 13.5. The monoisotopic (exact) mass is 388 g/mol. The van der Waals surface area contributed by atoms with Crippen LogP contribution in [0, 0.1) is 5.92 Å². The molecule has 0 spiro atoms. The molecule has 3 aromatic rings. The van der Waals surface area contributed by atoms with E-state index in [1.165, 1.54) is 0 Å². The van der Waals surface area contributed by atoms with E-state index in [2.05, 4.69) is 0 Å². The molecule has 0 amide bonds. The zero-order valence-electron chi connectivity index (χ0n) is 15.6. The van der Waals surface area contributed by atoms with Crippen LogP contribution in [0.2, 0.25) is 5.02 Å². The second-order valence-corrected chi connectivity index (χ2v) is 7.52. The Kier molecular flexibility index (Phi) is 4.92. The predicted molar refractivity (Wildman–Crippen MR) is 114 cm³/mol. The number of aliphatic hydroxyl groups is 1. The lowest BCUT2D eigenvalue weighted by molar-refractivity contribution is -0.122. The van der Waals surface area contributed by atoms with Gasteiger partial charge in [0.15, 0.2) is 5.78 Å². The zero-order valence-corrected chi connectivity index (χ0v) is 16.4. The molecule has 0 aliphatic heterocycles. The van der Waals surface area contributed by atoms with Gasteiger partial charge in [0, 0.05) is 16.2 Å². The first-order chi connectivity index (χ1) is 13.6. The molecule has 140 valence electrons. The molecule has 2 atom stereocenters. The molecule has 28 heavy (non-hydrogen) atoms. The van der Waals surface area contributed by atoms with Crippen molar-refractivity contribution in [1.29, 1.82) is 0 Å². The van der Waals surface area contributed by atoms with Crippen LogP contribution in [0.4, 0.5) is 0 Å². The summed E-state index contributed by atoms with van der Waals surface area (Å²) in [4.78, 5) is 13.5. The highest BCUT2D eigenvalue weighted by Gasteiger charge is 2.53. The van der Waals surface area contributed by atoms with E-state index in [9.17, 15) is 9.90 Å². The molecule has 0 bridgehead atoms. The zero-order chi connectivity index (χ0) is 19.7. The standard InChI is InChI=1S/C25H21ClO2/c1-2-21-24(27)22(17-13-15-20(26)16-14-17)23(18-9-5-3-6-10-18)25(21,28)19-11-7-4-8-12-19/h3-16,21,28H,2H2,1H3. The number of Topliss-reactive ketones (excluding diaryl/α,β-unsaturated/α-hetero) is 1. The van der Waals surface area contributed by atoms with Crippen molar-refractivity contribution in [1.82, 2.24) is 0 Å². The lowest BCUT2D eigenvalue weighted by atomic mass is 9.76. The molecule has 2 unspecified atom stereocenters. The Morgan fingerprint density at radius 2 is 1.43 bits per heavy atom. The second-order valence-electron chi connectivity index (χ2n) is 7.08. The Balaban J connectivity index is 2.06. The molecule has 4 rings (SSSR count). The molecule has 0 heterocycles. The van der Waals surface area contributed by atoms with Crippen molar-refractivity contribution >= 4 is 28.5 Å². The Hall–Kier alpha value is -2.68. The maximum Gasteiger partial charge on any atom is 0.170 e. The minimum absolute atomic E-state index is 0.0324. The molecule has 3 heteroatoms. The molecule has 2 nitrogen and oxygen atoms in total. The first-order valence-corrected chi connectivity index (χ1v) is 9.83. The van der Waals surface area contributed by atoms with E-state index >= 15 is 0 Å². The molecule has 0 aromatic heterocycles. The fourth-order valence-corrected chi connectivity index (χ4v) is 4.37. The van der Waals surface area contributed by atoms with Crippen LogP contribution in [-0.2, 0) is 10.4 Å². The molecule has 1 aliphatic rings. The number of allylic oxidation sites excluding steroid dienone is 1. The van der Waals surface area contributed by atoms with Crippen LogP contribution in [0.5, 0.6) is 0 Å². The SMILES string of the molecule is CCC1C(=O)C(c2ccc(Cl)cc2)=C(c2ccccc2)C1(O)c1ccccc1. The number of rotatable bonds is 4. The quantitative estimate of drug-likeness (QED) is 0.618. The number of hydrogen-bond donors (Lipinski definition) is 1. The number of carbonyl (C=O) groups is 1. The summed E-state index contributed by atoms with van der Waals surface area (Å²) < 4.78 is 0. The summed E-state index contributed by atoms with van der Waals surface area (Å²) in [5.74, 6) is -0.578. The molecular formula is C25H21ClO2. The van der Waals surface area contributed by atoms with Crippen molar-refractivity contribution in [3.8, 4) is 0 Å².